The van der Waals surface area contributed by atoms with Crippen molar-refractivity contribution in [3.05, 3.63) is 60.2 Å². The third-order valence-electron chi connectivity index (χ3n) is 2.88. The van der Waals surface area contributed by atoms with Crippen molar-refractivity contribution in [2.45, 2.75) is 24.7 Å². The Morgan fingerprint density at radius 1 is 1.05 bits per heavy atom. The highest BCUT2D eigenvalue weighted by atomic mass is 32.2. The molecule has 2 rings (SSSR count). The molecule has 0 aliphatic rings. The Morgan fingerprint density at radius 2 is 1.70 bits per heavy atom. The van der Waals surface area contributed by atoms with Gasteiger partial charge in [0.15, 0.2) is 0 Å². The van der Waals surface area contributed by atoms with E-state index in [9.17, 15) is 4.79 Å². The molecule has 0 radical (unpaired) electrons. The van der Waals surface area contributed by atoms with Crippen LogP contribution in [-0.2, 0) is 4.79 Å². The lowest BCUT2D eigenvalue weighted by Crippen LogP contribution is -2.10. The van der Waals surface area contributed by atoms with Gasteiger partial charge in [-0.05, 0) is 35.7 Å². The molecule has 0 aliphatic carbocycles. The normalized spacial score (nSPS) is 10.6. The molecule has 0 aromatic heterocycles. The molecule has 0 spiro atoms. The number of ether oxygens (including phenoxy) is 1. The van der Waals surface area contributed by atoms with E-state index in [0.29, 0.717) is 17.4 Å². The van der Waals surface area contributed by atoms with Crippen molar-refractivity contribution in [2.75, 3.05) is 5.75 Å². The molecule has 20 heavy (non-hydrogen) atoms. The predicted octanol–water partition coefficient (Wildman–Crippen LogP) is 4.51. The molecular weight excluding hydrogens is 268 g/mol. The van der Waals surface area contributed by atoms with Crippen LogP contribution in [0.15, 0.2) is 59.5 Å². The first-order valence-electron chi connectivity index (χ1n) is 6.63. The molecule has 2 aromatic rings. The van der Waals surface area contributed by atoms with Gasteiger partial charge in [-0.3, -0.25) is 4.79 Å². The van der Waals surface area contributed by atoms with Gasteiger partial charge in [-0.2, -0.15) is 0 Å². The van der Waals surface area contributed by atoms with Gasteiger partial charge >= 0.3 is 5.97 Å². The Hall–Kier alpha value is -1.74. The predicted molar refractivity (Wildman–Crippen MR) is 83.3 cm³/mol. The fourth-order valence-electron chi connectivity index (χ4n) is 1.74. The standard InChI is InChI=1S/C17H18O2S/c1-13(2)14-8-10-15(11-9-14)19-17(18)12-20-16-6-4-3-5-7-16/h3-11,13H,12H2,1-2H3. The molecule has 0 bridgehead atoms. The van der Waals surface area contributed by atoms with Crippen molar-refractivity contribution in [1.82, 2.24) is 0 Å². The summed E-state index contributed by atoms with van der Waals surface area (Å²) in [4.78, 5) is 12.8. The number of hydrogen-bond acceptors (Lipinski definition) is 3. The highest BCUT2D eigenvalue weighted by Gasteiger charge is 2.06. The van der Waals surface area contributed by atoms with E-state index in [4.69, 9.17) is 4.74 Å². The lowest BCUT2D eigenvalue weighted by molar-refractivity contribution is -0.131. The number of carbonyl (C=O) groups is 1. The Balaban J connectivity index is 1.85. The summed E-state index contributed by atoms with van der Waals surface area (Å²) in [7, 11) is 0. The number of esters is 1. The summed E-state index contributed by atoms with van der Waals surface area (Å²) in [5, 5.41) is 0. The molecule has 0 saturated carbocycles. The first-order chi connectivity index (χ1) is 9.65. The maximum Gasteiger partial charge on any atom is 0.321 e. The van der Waals surface area contributed by atoms with E-state index in [-0.39, 0.29) is 5.97 Å². The van der Waals surface area contributed by atoms with Gasteiger partial charge in [0.25, 0.3) is 0 Å². The highest BCUT2D eigenvalue weighted by Crippen LogP contribution is 2.20. The minimum absolute atomic E-state index is 0.226. The van der Waals surface area contributed by atoms with Crippen molar-refractivity contribution in [2.24, 2.45) is 0 Å². The molecule has 0 atom stereocenters. The van der Waals surface area contributed by atoms with Crippen LogP contribution in [0.3, 0.4) is 0 Å². The molecular formula is C17H18O2S. The van der Waals surface area contributed by atoms with Crippen LogP contribution >= 0.6 is 11.8 Å². The highest BCUT2D eigenvalue weighted by molar-refractivity contribution is 8.00. The molecule has 0 saturated heterocycles. The Bertz CT molecular complexity index is 547. The minimum atomic E-state index is -0.226. The van der Waals surface area contributed by atoms with Crippen LogP contribution in [0.5, 0.6) is 5.75 Å². The van der Waals surface area contributed by atoms with Gasteiger partial charge in [-0.25, -0.2) is 0 Å². The Morgan fingerprint density at radius 3 is 2.30 bits per heavy atom. The summed E-state index contributed by atoms with van der Waals surface area (Å²) in [5.74, 6) is 1.17. The van der Waals surface area contributed by atoms with Crippen LogP contribution in [0.4, 0.5) is 0 Å². The Labute approximate surface area is 124 Å². The average molecular weight is 286 g/mol. The first kappa shape index (κ1) is 14.7. The number of rotatable bonds is 5. The fourth-order valence-corrected chi connectivity index (χ4v) is 2.43. The van der Waals surface area contributed by atoms with Gasteiger partial charge in [0.2, 0.25) is 0 Å². The second-order valence-corrected chi connectivity index (χ2v) is 5.85. The van der Waals surface area contributed by atoms with Crippen molar-refractivity contribution in [3.63, 3.8) is 0 Å². The zero-order valence-corrected chi connectivity index (χ0v) is 12.5. The monoisotopic (exact) mass is 286 g/mol. The first-order valence-corrected chi connectivity index (χ1v) is 7.62. The van der Waals surface area contributed by atoms with E-state index in [2.05, 4.69) is 13.8 Å². The van der Waals surface area contributed by atoms with Gasteiger partial charge in [0.05, 0.1) is 5.75 Å². The second-order valence-electron chi connectivity index (χ2n) is 4.80. The second kappa shape index (κ2) is 7.15. The summed E-state index contributed by atoms with van der Waals surface area (Å²) in [6.07, 6.45) is 0. The average Bonchev–Trinajstić information content (AvgIpc) is 2.47. The maximum atomic E-state index is 11.8. The van der Waals surface area contributed by atoms with Crippen LogP contribution in [0.2, 0.25) is 0 Å². The van der Waals surface area contributed by atoms with Gasteiger partial charge < -0.3 is 4.74 Å². The summed E-state index contributed by atoms with van der Waals surface area (Å²) in [5.41, 5.74) is 1.24. The fraction of sp³-hybridized carbons (Fsp3) is 0.235. The molecule has 0 aliphatic heterocycles. The zero-order valence-electron chi connectivity index (χ0n) is 11.7. The smallest absolute Gasteiger partial charge is 0.321 e. The Kier molecular flexibility index (Phi) is 5.24. The van der Waals surface area contributed by atoms with Crippen LogP contribution in [0, 0.1) is 0 Å². The molecule has 2 nitrogen and oxygen atoms in total. The summed E-state index contributed by atoms with van der Waals surface area (Å²) < 4.78 is 5.31. The number of thioether (sulfide) groups is 1. The van der Waals surface area contributed by atoms with Gasteiger partial charge in [0.1, 0.15) is 5.75 Å². The minimum Gasteiger partial charge on any atom is -0.426 e. The van der Waals surface area contributed by atoms with Crippen LogP contribution in [0.25, 0.3) is 0 Å². The van der Waals surface area contributed by atoms with E-state index < -0.39 is 0 Å². The third kappa shape index (κ3) is 4.42. The molecule has 0 heterocycles. The van der Waals surface area contributed by atoms with E-state index >= 15 is 0 Å². The maximum absolute atomic E-state index is 11.8. The van der Waals surface area contributed by atoms with E-state index in [1.807, 2.05) is 54.6 Å². The zero-order chi connectivity index (χ0) is 14.4. The molecule has 0 amide bonds. The molecule has 104 valence electrons. The third-order valence-corrected chi connectivity index (χ3v) is 3.86. The van der Waals surface area contributed by atoms with Crippen molar-refractivity contribution in [3.8, 4) is 5.75 Å². The summed E-state index contributed by atoms with van der Waals surface area (Å²) >= 11 is 1.48. The SMILES string of the molecule is CC(C)c1ccc(OC(=O)CSc2ccccc2)cc1. The molecule has 0 unspecified atom stereocenters. The lowest BCUT2D eigenvalue weighted by Gasteiger charge is -2.07. The molecule has 0 N–H and O–H groups in total. The van der Waals surface area contributed by atoms with Crippen LogP contribution < -0.4 is 4.74 Å². The van der Waals surface area contributed by atoms with E-state index in [0.717, 1.165) is 4.90 Å². The molecule has 3 heteroatoms. The molecule has 0 fully saturated rings. The topological polar surface area (TPSA) is 26.3 Å². The van der Waals surface area contributed by atoms with Gasteiger partial charge in [-0.1, -0.05) is 44.2 Å². The van der Waals surface area contributed by atoms with Crippen LogP contribution in [0.1, 0.15) is 25.3 Å². The largest absolute Gasteiger partial charge is 0.426 e. The van der Waals surface area contributed by atoms with Gasteiger partial charge in [-0.15, -0.1) is 11.8 Å². The van der Waals surface area contributed by atoms with E-state index in [1.54, 1.807) is 0 Å². The van der Waals surface area contributed by atoms with Crippen molar-refractivity contribution >= 4 is 17.7 Å². The molecule has 2 aromatic carbocycles. The van der Waals surface area contributed by atoms with Crippen molar-refractivity contribution < 1.29 is 9.53 Å². The van der Waals surface area contributed by atoms with Crippen molar-refractivity contribution in [1.29, 1.82) is 0 Å². The summed E-state index contributed by atoms with van der Waals surface area (Å²) in [6.45, 7) is 4.27. The quantitative estimate of drug-likeness (QED) is 0.459. The van der Waals surface area contributed by atoms with Gasteiger partial charge in [0, 0.05) is 4.90 Å². The summed E-state index contributed by atoms with van der Waals surface area (Å²) in [6, 6.07) is 17.5. The number of carbonyl (C=O) groups excluding carboxylic acids is 1. The van der Waals surface area contributed by atoms with E-state index in [1.165, 1.54) is 17.3 Å². The lowest BCUT2D eigenvalue weighted by atomic mass is 10.0. The van der Waals surface area contributed by atoms with Crippen LogP contribution in [-0.4, -0.2) is 11.7 Å². The number of hydrogen-bond donors (Lipinski definition) is 0. The number of benzene rings is 2.